The Morgan fingerprint density at radius 3 is 2.19 bits per heavy atom. The van der Waals surface area contributed by atoms with E-state index in [2.05, 4.69) is 5.32 Å². The third-order valence-corrected chi connectivity index (χ3v) is 3.85. The first kappa shape index (κ1) is 13.3. The number of non-ortho nitro benzene ring substituents is 1. The highest BCUT2D eigenvalue weighted by atomic mass is 16.6. The van der Waals surface area contributed by atoms with E-state index in [9.17, 15) is 14.9 Å². The third-order valence-electron chi connectivity index (χ3n) is 3.85. The van der Waals surface area contributed by atoms with Crippen LogP contribution in [0.4, 0.5) is 11.4 Å². The van der Waals surface area contributed by atoms with Crippen molar-refractivity contribution in [3.05, 3.63) is 70.3 Å². The number of carbonyl (C=O) groups is 1. The zero-order chi connectivity index (χ0) is 14.9. The second-order valence-corrected chi connectivity index (χ2v) is 5.21. The Balaban J connectivity index is 1.80. The number of hydrogen-bond donors (Lipinski definition) is 1. The molecule has 0 radical (unpaired) electrons. The lowest BCUT2D eigenvalue weighted by atomic mass is 9.94. The maximum atomic E-state index is 12.5. The van der Waals surface area contributed by atoms with Crippen LogP contribution in [0.3, 0.4) is 0 Å². The van der Waals surface area contributed by atoms with Crippen LogP contribution in [0.2, 0.25) is 0 Å². The standard InChI is InChI=1S/C16H14N2O3/c19-15(17-13-4-2-1-3-5-13)16(10-11-16)12-6-8-14(9-7-12)18(20)21/h1-9H,10-11H2,(H,17,19). The lowest BCUT2D eigenvalue weighted by molar-refractivity contribution is -0.384. The Bertz CT molecular complexity index is 676. The van der Waals surface area contributed by atoms with Gasteiger partial charge in [0.15, 0.2) is 0 Å². The molecule has 2 aromatic carbocycles. The van der Waals surface area contributed by atoms with Crippen molar-refractivity contribution in [2.45, 2.75) is 18.3 Å². The highest BCUT2D eigenvalue weighted by Crippen LogP contribution is 2.49. The number of nitrogens with one attached hydrogen (secondary N) is 1. The number of nitro groups is 1. The lowest BCUT2D eigenvalue weighted by Gasteiger charge is -2.15. The Kier molecular flexibility index (Phi) is 3.17. The molecule has 0 saturated heterocycles. The summed E-state index contributed by atoms with van der Waals surface area (Å²) < 4.78 is 0. The second kappa shape index (κ2) is 5.01. The van der Waals surface area contributed by atoms with Crippen molar-refractivity contribution in [1.29, 1.82) is 0 Å². The summed E-state index contributed by atoms with van der Waals surface area (Å²) >= 11 is 0. The van der Waals surface area contributed by atoms with Gasteiger partial charge in [-0.05, 0) is 30.5 Å². The summed E-state index contributed by atoms with van der Waals surface area (Å²) in [6.45, 7) is 0. The summed E-state index contributed by atoms with van der Waals surface area (Å²) in [6, 6.07) is 15.5. The normalized spacial score (nSPS) is 15.2. The number of para-hydroxylation sites is 1. The van der Waals surface area contributed by atoms with Crippen LogP contribution in [0.1, 0.15) is 18.4 Å². The molecule has 0 heterocycles. The summed E-state index contributed by atoms with van der Waals surface area (Å²) in [5, 5.41) is 13.6. The van der Waals surface area contributed by atoms with Crippen LogP contribution in [0.25, 0.3) is 0 Å². The molecule has 1 N–H and O–H groups in total. The van der Waals surface area contributed by atoms with Crippen LogP contribution < -0.4 is 5.32 Å². The molecule has 1 saturated carbocycles. The van der Waals surface area contributed by atoms with Gasteiger partial charge in [-0.3, -0.25) is 14.9 Å². The first-order valence-electron chi connectivity index (χ1n) is 6.73. The molecule has 0 unspecified atom stereocenters. The first-order chi connectivity index (χ1) is 10.1. The van der Waals surface area contributed by atoms with Gasteiger partial charge in [0.05, 0.1) is 10.3 Å². The fourth-order valence-corrected chi connectivity index (χ4v) is 2.45. The summed E-state index contributed by atoms with van der Waals surface area (Å²) in [6.07, 6.45) is 1.53. The van der Waals surface area contributed by atoms with Gasteiger partial charge in [0.25, 0.3) is 5.69 Å². The number of hydrogen-bond acceptors (Lipinski definition) is 3. The zero-order valence-electron chi connectivity index (χ0n) is 11.3. The number of nitrogens with zero attached hydrogens (tertiary/aromatic N) is 1. The van der Waals surface area contributed by atoms with E-state index in [0.717, 1.165) is 24.1 Å². The second-order valence-electron chi connectivity index (χ2n) is 5.21. The van der Waals surface area contributed by atoms with Crippen LogP contribution in [-0.2, 0) is 10.2 Å². The van der Waals surface area contributed by atoms with Gasteiger partial charge in [0.1, 0.15) is 0 Å². The molecule has 0 atom stereocenters. The smallest absolute Gasteiger partial charge is 0.269 e. The average molecular weight is 282 g/mol. The Morgan fingerprint density at radius 1 is 1.05 bits per heavy atom. The monoisotopic (exact) mass is 282 g/mol. The molecule has 1 aliphatic rings. The number of carbonyl (C=O) groups excluding carboxylic acids is 1. The third kappa shape index (κ3) is 2.50. The number of amides is 1. The van der Waals surface area contributed by atoms with Crippen LogP contribution in [0.5, 0.6) is 0 Å². The number of rotatable bonds is 4. The molecular formula is C16H14N2O3. The summed E-state index contributed by atoms with van der Waals surface area (Å²) in [7, 11) is 0. The van der Waals surface area contributed by atoms with Gasteiger partial charge in [-0.2, -0.15) is 0 Å². The van der Waals surface area contributed by atoms with E-state index >= 15 is 0 Å². The minimum Gasteiger partial charge on any atom is -0.325 e. The summed E-state index contributed by atoms with van der Waals surface area (Å²) in [5.74, 6) is -0.0532. The zero-order valence-corrected chi connectivity index (χ0v) is 11.3. The summed E-state index contributed by atoms with van der Waals surface area (Å²) in [5.41, 5.74) is 1.10. The van der Waals surface area contributed by atoms with Crippen LogP contribution >= 0.6 is 0 Å². The molecule has 0 bridgehead atoms. The van der Waals surface area contributed by atoms with E-state index in [4.69, 9.17) is 0 Å². The van der Waals surface area contributed by atoms with Crippen molar-refractivity contribution in [3.63, 3.8) is 0 Å². The lowest BCUT2D eigenvalue weighted by Crippen LogP contribution is -2.27. The van der Waals surface area contributed by atoms with E-state index in [1.165, 1.54) is 12.1 Å². The fraction of sp³-hybridized carbons (Fsp3) is 0.188. The van der Waals surface area contributed by atoms with Crippen molar-refractivity contribution in [1.82, 2.24) is 0 Å². The Labute approximate surface area is 121 Å². The van der Waals surface area contributed by atoms with Gasteiger partial charge in [0.2, 0.25) is 5.91 Å². The molecule has 1 amide bonds. The summed E-state index contributed by atoms with van der Waals surface area (Å²) in [4.78, 5) is 22.7. The minimum absolute atomic E-state index is 0.0398. The van der Waals surface area contributed by atoms with Crippen molar-refractivity contribution in [2.24, 2.45) is 0 Å². The molecule has 1 fully saturated rings. The highest BCUT2D eigenvalue weighted by Gasteiger charge is 2.51. The quantitative estimate of drug-likeness (QED) is 0.691. The Morgan fingerprint density at radius 2 is 1.67 bits per heavy atom. The molecule has 5 nitrogen and oxygen atoms in total. The highest BCUT2D eigenvalue weighted by molar-refractivity contribution is 6.01. The van der Waals surface area contributed by atoms with E-state index in [-0.39, 0.29) is 11.6 Å². The van der Waals surface area contributed by atoms with E-state index in [1.54, 1.807) is 12.1 Å². The molecule has 5 heteroatoms. The molecular weight excluding hydrogens is 268 g/mol. The van der Waals surface area contributed by atoms with Crippen LogP contribution in [0, 0.1) is 10.1 Å². The largest absolute Gasteiger partial charge is 0.325 e. The van der Waals surface area contributed by atoms with E-state index in [1.807, 2.05) is 30.3 Å². The van der Waals surface area contributed by atoms with Crippen molar-refractivity contribution in [3.8, 4) is 0 Å². The predicted molar refractivity (Wildman–Crippen MR) is 79.1 cm³/mol. The van der Waals surface area contributed by atoms with Gasteiger partial charge < -0.3 is 5.32 Å². The molecule has 0 aliphatic heterocycles. The SMILES string of the molecule is O=C(Nc1ccccc1)C1(c2ccc([N+](=O)[O-])cc2)CC1. The van der Waals surface area contributed by atoms with Gasteiger partial charge in [0, 0.05) is 17.8 Å². The van der Waals surface area contributed by atoms with E-state index in [0.29, 0.717) is 0 Å². The topological polar surface area (TPSA) is 72.2 Å². The van der Waals surface area contributed by atoms with Gasteiger partial charge in [-0.15, -0.1) is 0 Å². The molecule has 106 valence electrons. The average Bonchev–Trinajstić information content (AvgIpc) is 3.30. The molecule has 21 heavy (non-hydrogen) atoms. The minimum atomic E-state index is -0.537. The van der Waals surface area contributed by atoms with Gasteiger partial charge in [-0.1, -0.05) is 30.3 Å². The maximum absolute atomic E-state index is 12.5. The van der Waals surface area contributed by atoms with Crippen molar-refractivity contribution >= 4 is 17.3 Å². The number of benzene rings is 2. The van der Waals surface area contributed by atoms with Crippen molar-refractivity contribution < 1.29 is 9.72 Å². The molecule has 2 aromatic rings. The fourth-order valence-electron chi connectivity index (χ4n) is 2.45. The van der Waals surface area contributed by atoms with Crippen LogP contribution in [0.15, 0.2) is 54.6 Å². The van der Waals surface area contributed by atoms with E-state index < -0.39 is 10.3 Å². The van der Waals surface area contributed by atoms with Gasteiger partial charge >= 0.3 is 0 Å². The predicted octanol–water partition coefficient (Wildman–Crippen LogP) is 3.27. The van der Waals surface area contributed by atoms with Crippen LogP contribution in [-0.4, -0.2) is 10.8 Å². The number of nitro benzene ring substituents is 1. The van der Waals surface area contributed by atoms with Crippen molar-refractivity contribution in [2.75, 3.05) is 5.32 Å². The number of anilines is 1. The molecule has 0 aromatic heterocycles. The van der Waals surface area contributed by atoms with Gasteiger partial charge in [-0.25, -0.2) is 0 Å². The first-order valence-corrected chi connectivity index (χ1v) is 6.73. The Hall–Kier alpha value is -2.69. The molecule has 3 rings (SSSR count). The molecule has 0 spiro atoms. The molecule has 1 aliphatic carbocycles. The maximum Gasteiger partial charge on any atom is 0.269 e.